The molecule has 0 saturated carbocycles. The Morgan fingerprint density at radius 3 is 2.62 bits per heavy atom. The molecule has 2 aliphatic rings. The molecule has 2 saturated heterocycles. The summed E-state index contributed by atoms with van der Waals surface area (Å²) in [6, 6.07) is 8.23. The number of nitrogens with one attached hydrogen (secondary N) is 2. The van der Waals surface area contributed by atoms with E-state index < -0.39 is 5.60 Å². The Labute approximate surface area is 191 Å². The molecule has 0 aromatic heterocycles. The van der Waals surface area contributed by atoms with Crippen molar-refractivity contribution in [1.82, 2.24) is 20.4 Å². The Balaban J connectivity index is 1.62. The summed E-state index contributed by atoms with van der Waals surface area (Å²) in [5, 5.41) is 6.34. The van der Waals surface area contributed by atoms with Gasteiger partial charge in [0.25, 0.3) is 0 Å². The van der Waals surface area contributed by atoms with Gasteiger partial charge in [-0.25, -0.2) is 9.79 Å². The van der Waals surface area contributed by atoms with E-state index in [-0.39, 0.29) is 18.0 Å². The van der Waals surface area contributed by atoms with Gasteiger partial charge in [-0.1, -0.05) is 24.3 Å². The molecule has 1 atom stereocenters. The van der Waals surface area contributed by atoms with Gasteiger partial charge in [-0.15, -0.1) is 0 Å². The second-order valence-corrected chi connectivity index (χ2v) is 9.44. The van der Waals surface area contributed by atoms with E-state index in [1.807, 2.05) is 37.8 Å². The van der Waals surface area contributed by atoms with Crippen LogP contribution in [0.5, 0.6) is 0 Å². The van der Waals surface area contributed by atoms with Crippen LogP contribution < -0.4 is 10.6 Å². The van der Waals surface area contributed by atoms with Crippen molar-refractivity contribution in [3.63, 3.8) is 0 Å². The number of alkyl carbamates (subject to hydrolysis) is 1. The SMILES string of the molecule is CCNC(=NCc1ccccc1CN1CCCC1=O)N1CCC(NC(=O)OC(C)(C)C)C1. The number of aliphatic imine (C=N–C) groups is 1. The maximum atomic E-state index is 12.1. The zero-order valence-electron chi connectivity index (χ0n) is 19.8. The van der Waals surface area contributed by atoms with Crippen LogP contribution in [0.3, 0.4) is 0 Å². The molecular weight excluding hydrogens is 406 g/mol. The van der Waals surface area contributed by atoms with Crippen LogP contribution in [0.1, 0.15) is 58.1 Å². The Bertz CT molecular complexity index is 833. The minimum atomic E-state index is -0.508. The molecule has 1 aromatic carbocycles. The van der Waals surface area contributed by atoms with Crippen LogP contribution in [0.15, 0.2) is 29.3 Å². The number of ether oxygens (including phenoxy) is 1. The van der Waals surface area contributed by atoms with E-state index in [0.29, 0.717) is 26.1 Å². The maximum absolute atomic E-state index is 12.1. The zero-order chi connectivity index (χ0) is 23.1. The number of benzene rings is 1. The van der Waals surface area contributed by atoms with E-state index in [0.717, 1.165) is 49.6 Å². The average molecular weight is 444 g/mol. The van der Waals surface area contributed by atoms with Crippen LogP contribution in [0.2, 0.25) is 0 Å². The number of carbonyl (C=O) groups is 2. The number of carbonyl (C=O) groups excluding carboxylic acids is 2. The van der Waals surface area contributed by atoms with E-state index in [1.165, 1.54) is 0 Å². The van der Waals surface area contributed by atoms with Crippen LogP contribution in [0.25, 0.3) is 0 Å². The third-order valence-corrected chi connectivity index (χ3v) is 5.59. The van der Waals surface area contributed by atoms with Crippen LogP contribution in [0, 0.1) is 0 Å². The van der Waals surface area contributed by atoms with Crippen molar-refractivity contribution >= 4 is 18.0 Å². The van der Waals surface area contributed by atoms with E-state index in [4.69, 9.17) is 9.73 Å². The molecule has 0 radical (unpaired) electrons. The van der Waals surface area contributed by atoms with Gasteiger partial charge >= 0.3 is 6.09 Å². The number of hydrogen-bond donors (Lipinski definition) is 2. The Morgan fingerprint density at radius 2 is 1.97 bits per heavy atom. The van der Waals surface area contributed by atoms with Gasteiger partial charge in [0.05, 0.1) is 12.6 Å². The molecule has 2 N–H and O–H groups in total. The first-order valence-electron chi connectivity index (χ1n) is 11.6. The lowest BCUT2D eigenvalue weighted by Gasteiger charge is -2.23. The number of hydrogen-bond acceptors (Lipinski definition) is 4. The first kappa shape index (κ1) is 23.9. The van der Waals surface area contributed by atoms with Gasteiger partial charge in [0.1, 0.15) is 5.60 Å². The van der Waals surface area contributed by atoms with Crippen molar-refractivity contribution in [2.45, 2.75) is 71.7 Å². The maximum Gasteiger partial charge on any atom is 0.407 e. The topological polar surface area (TPSA) is 86.3 Å². The predicted molar refractivity (Wildman–Crippen MR) is 125 cm³/mol. The third kappa shape index (κ3) is 6.87. The van der Waals surface area contributed by atoms with Gasteiger partial charge in [-0.2, -0.15) is 0 Å². The van der Waals surface area contributed by atoms with Crippen LogP contribution in [0.4, 0.5) is 4.79 Å². The van der Waals surface area contributed by atoms with Crippen LogP contribution in [-0.2, 0) is 22.6 Å². The fourth-order valence-electron chi connectivity index (χ4n) is 4.07. The molecule has 2 aliphatic heterocycles. The lowest BCUT2D eigenvalue weighted by Crippen LogP contribution is -2.44. The van der Waals surface area contributed by atoms with Crippen molar-refractivity contribution < 1.29 is 14.3 Å². The monoisotopic (exact) mass is 443 g/mol. The van der Waals surface area contributed by atoms with Gasteiger partial charge in [0, 0.05) is 39.1 Å². The van der Waals surface area contributed by atoms with Crippen molar-refractivity contribution in [2.24, 2.45) is 4.99 Å². The first-order chi connectivity index (χ1) is 15.2. The number of amides is 2. The highest BCUT2D eigenvalue weighted by Gasteiger charge is 2.28. The van der Waals surface area contributed by atoms with Gasteiger partial charge in [-0.05, 0) is 51.7 Å². The molecule has 32 heavy (non-hydrogen) atoms. The molecule has 0 bridgehead atoms. The number of rotatable bonds is 6. The minimum Gasteiger partial charge on any atom is -0.444 e. The normalized spacial score (nSPS) is 19.4. The Hall–Kier alpha value is -2.77. The van der Waals surface area contributed by atoms with Gasteiger partial charge in [0.2, 0.25) is 5.91 Å². The fourth-order valence-corrected chi connectivity index (χ4v) is 4.07. The van der Waals surface area contributed by atoms with Gasteiger partial charge in [-0.3, -0.25) is 4.79 Å². The third-order valence-electron chi connectivity index (χ3n) is 5.59. The van der Waals surface area contributed by atoms with E-state index in [9.17, 15) is 9.59 Å². The standard InChI is InChI=1S/C24H37N5O3/c1-5-25-22(29-14-12-20(17-29)27-23(31)32-24(2,3)4)26-15-18-9-6-7-10-19(18)16-28-13-8-11-21(28)30/h6-7,9-10,20H,5,8,11-17H2,1-4H3,(H,25,26)(H,27,31). The van der Waals surface area contributed by atoms with Crippen molar-refractivity contribution in [2.75, 3.05) is 26.2 Å². The molecule has 8 nitrogen and oxygen atoms in total. The lowest BCUT2D eigenvalue weighted by molar-refractivity contribution is -0.128. The second-order valence-electron chi connectivity index (χ2n) is 9.44. The lowest BCUT2D eigenvalue weighted by atomic mass is 10.1. The molecule has 8 heteroatoms. The smallest absolute Gasteiger partial charge is 0.407 e. The molecule has 0 aliphatic carbocycles. The molecule has 1 unspecified atom stereocenters. The van der Waals surface area contributed by atoms with Crippen LogP contribution in [-0.4, -0.2) is 65.6 Å². The summed E-state index contributed by atoms with van der Waals surface area (Å²) in [6.45, 7) is 11.9. The number of likely N-dealkylation sites (tertiary alicyclic amines) is 2. The Kier molecular flexibility index (Phi) is 7.99. The van der Waals surface area contributed by atoms with Gasteiger partial charge in [0.15, 0.2) is 5.96 Å². The summed E-state index contributed by atoms with van der Waals surface area (Å²) in [5.41, 5.74) is 1.77. The number of guanidine groups is 1. The van der Waals surface area contributed by atoms with Crippen molar-refractivity contribution in [3.05, 3.63) is 35.4 Å². The summed E-state index contributed by atoms with van der Waals surface area (Å²) in [6.07, 6.45) is 2.06. The molecular formula is C24H37N5O3. The summed E-state index contributed by atoms with van der Waals surface area (Å²) < 4.78 is 5.38. The van der Waals surface area contributed by atoms with E-state index >= 15 is 0 Å². The summed E-state index contributed by atoms with van der Waals surface area (Å²) >= 11 is 0. The molecule has 2 amide bonds. The zero-order valence-corrected chi connectivity index (χ0v) is 19.8. The molecule has 2 heterocycles. The fraction of sp³-hybridized carbons (Fsp3) is 0.625. The Morgan fingerprint density at radius 1 is 1.22 bits per heavy atom. The highest BCUT2D eigenvalue weighted by Crippen LogP contribution is 2.18. The van der Waals surface area contributed by atoms with Gasteiger partial charge < -0.3 is 25.2 Å². The summed E-state index contributed by atoms with van der Waals surface area (Å²) in [5.74, 6) is 1.07. The summed E-state index contributed by atoms with van der Waals surface area (Å²) in [4.78, 5) is 33.1. The highest BCUT2D eigenvalue weighted by atomic mass is 16.6. The van der Waals surface area contributed by atoms with Crippen molar-refractivity contribution in [3.8, 4) is 0 Å². The van der Waals surface area contributed by atoms with Crippen molar-refractivity contribution in [1.29, 1.82) is 0 Å². The second kappa shape index (κ2) is 10.7. The highest BCUT2D eigenvalue weighted by molar-refractivity contribution is 5.80. The molecule has 2 fully saturated rings. The van der Waals surface area contributed by atoms with E-state index in [2.05, 4.69) is 34.6 Å². The molecule has 3 rings (SSSR count). The number of nitrogens with zero attached hydrogens (tertiary/aromatic N) is 3. The van der Waals surface area contributed by atoms with Crippen LogP contribution >= 0.6 is 0 Å². The average Bonchev–Trinajstić information content (AvgIpc) is 3.34. The minimum absolute atomic E-state index is 0.0298. The molecule has 176 valence electrons. The molecule has 1 aromatic rings. The molecule has 0 spiro atoms. The predicted octanol–water partition coefficient (Wildman–Crippen LogP) is 2.87. The van der Waals surface area contributed by atoms with E-state index in [1.54, 1.807) is 0 Å². The summed E-state index contributed by atoms with van der Waals surface area (Å²) in [7, 11) is 0. The largest absolute Gasteiger partial charge is 0.444 e. The first-order valence-corrected chi connectivity index (χ1v) is 11.6. The quantitative estimate of drug-likeness (QED) is 0.522.